The summed E-state index contributed by atoms with van der Waals surface area (Å²) in [5, 5.41) is 2.75. The van der Waals surface area contributed by atoms with Gasteiger partial charge in [-0.3, -0.25) is 9.59 Å². The topological polar surface area (TPSA) is 98.2 Å². The number of hydrogen-bond donors (Lipinski definition) is 3. The smallest absolute Gasteiger partial charge is 0.237 e. The van der Waals surface area contributed by atoms with Crippen molar-refractivity contribution in [2.24, 2.45) is 17.4 Å². The number of primary amides is 1. The number of piperidine rings is 1. The van der Waals surface area contributed by atoms with Gasteiger partial charge in [-0.25, -0.2) is 0 Å². The summed E-state index contributed by atoms with van der Waals surface area (Å²) in [7, 11) is 0. The maximum atomic E-state index is 11.4. The van der Waals surface area contributed by atoms with E-state index in [9.17, 15) is 9.59 Å². The average molecular weight is 199 g/mol. The van der Waals surface area contributed by atoms with E-state index >= 15 is 0 Å². The van der Waals surface area contributed by atoms with E-state index in [-0.39, 0.29) is 11.8 Å². The van der Waals surface area contributed by atoms with Crippen molar-refractivity contribution in [1.29, 1.82) is 0 Å². The van der Waals surface area contributed by atoms with Crippen LogP contribution in [-0.4, -0.2) is 23.9 Å². The molecule has 1 fully saturated rings. The third kappa shape index (κ3) is 2.45. The largest absolute Gasteiger partial charge is 0.368 e. The van der Waals surface area contributed by atoms with Gasteiger partial charge in [-0.15, -0.1) is 0 Å². The number of nitrogens with two attached hydrogens (primary N) is 2. The van der Waals surface area contributed by atoms with E-state index in [1.807, 2.05) is 0 Å². The monoisotopic (exact) mass is 199 g/mol. The van der Waals surface area contributed by atoms with Gasteiger partial charge < -0.3 is 16.8 Å². The molecule has 5 heteroatoms. The van der Waals surface area contributed by atoms with Gasteiger partial charge in [0.2, 0.25) is 11.8 Å². The Hall–Kier alpha value is -1.10. The lowest BCUT2D eigenvalue weighted by atomic mass is 9.84. The summed E-state index contributed by atoms with van der Waals surface area (Å²) < 4.78 is 0. The first kappa shape index (κ1) is 11.0. The molecule has 2 atom stereocenters. The van der Waals surface area contributed by atoms with Crippen LogP contribution in [0.2, 0.25) is 0 Å². The fourth-order valence-electron chi connectivity index (χ4n) is 1.64. The number of carbonyl (C=O) groups excluding carboxylic acids is 2. The van der Waals surface area contributed by atoms with Gasteiger partial charge in [0.1, 0.15) is 0 Å². The van der Waals surface area contributed by atoms with E-state index in [0.717, 1.165) is 12.8 Å². The molecule has 1 rings (SSSR count). The quantitative estimate of drug-likeness (QED) is 0.549. The van der Waals surface area contributed by atoms with Gasteiger partial charge in [-0.05, 0) is 26.2 Å². The zero-order valence-electron chi connectivity index (χ0n) is 8.38. The van der Waals surface area contributed by atoms with Crippen molar-refractivity contribution in [3.05, 3.63) is 0 Å². The van der Waals surface area contributed by atoms with E-state index in [0.29, 0.717) is 13.0 Å². The van der Waals surface area contributed by atoms with E-state index in [4.69, 9.17) is 11.5 Å². The lowest BCUT2D eigenvalue weighted by Crippen LogP contribution is -2.52. The van der Waals surface area contributed by atoms with Gasteiger partial charge in [0.05, 0.1) is 5.54 Å². The molecular weight excluding hydrogens is 182 g/mol. The van der Waals surface area contributed by atoms with Crippen molar-refractivity contribution in [2.75, 3.05) is 6.54 Å². The van der Waals surface area contributed by atoms with Gasteiger partial charge in [0, 0.05) is 12.5 Å². The molecule has 2 amide bonds. The molecule has 5 nitrogen and oxygen atoms in total. The Balaban J connectivity index is 2.58. The molecule has 14 heavy (non-hydrogen) atoms. The van der Waals surface area contributed by atoms with Crippen molar-refractivity contribution < 1.29 is 9.59 Å². The molecule has 0 unspecified atom stereocenters. The van der Waals surface area contributed by atoms with Crippen molar-refractivity contribution >= 4 is 11.8 Å². The highest BCUT2D eigenvalue weighted by atomic mass is 16.2. The fourth-order valence-corrected chi connectivity index (χ4v) is 1.64. The molecule has 1 heterocycles. The Morgan fingerprint density at radius 2 is 2.36 bits per heavy atom. The molecule has 0 aromatic heterocycles. The second-order valence-corrected chi connectivity index (χ2v) is 4.12. The molecule has 5 N–H and O–H groups in total. The summed E-state index contributed by atoms with van der Waals surface area (Å²) in [5.74, 6) is -0.753. The predicted molar refractivity (Wildman–Crippen MR) is 52.1 cm³/mol. The normalized spacial score (nSPS) is 26.4. The van der Waals surface area contributed by atoms with Crippen molar-refractivity contribution in [3.63, 3.8) is 0 Å². The van der Waals surface area contributed by atoms with Crippen LogP contribution in [0.25, 0.3) is 0 Å². The molecule has 0 bridgehead atoms. The molecule has 0 saturated carbocycles. The van der Waals surface area contributed by atoms with Gasteiger partial charge in [-0.1, -0.05) is 0 Å². The maximum Gasteiger partial charge on any atom is 0.237 e. The molecule has 0 spiro atoms. The van der Waals surface area contributed by atoms with Gasteiger partial charge in [0.25, 0.3) is 0 Å². The van der Waals surface area contributed by atoms with E-state index in [1.54, 1.807) is 6.92 Å². The first-order valence-corrected chi connectivity index (χ1v) is 4.80. The third-order valence-corrected chi connectivity index (χ3v) is 2.63. The van der Waals surface area contributed by atoms with Crippen LogP contribution in [0, 0.1) is 5.92 Å². The molecule has 0 aromatic carbocycles. The lowest BCUT2D eigenvalue weighted by molar-refractivity contribution is -0.129. The van der Waals surface area contributed by atoms with Crippen LogP contribution in [0.15, 0.2) is 0 Å². The lowest BCUT2D eigenvalue weighted by Gasteiger charge is -2.28. The number of amides is 2. The van der Waals surface area contributed by atoms with Crippen molar-refractivity contribution in [1.82, 2.24) is 5.32 Å². The SMILES string of the molecule is C[C@](N)(C[C@@H]1CCCNC1=O)C(N)=O. The summed E-state index contributed by atoms with van der Waals surface area (Å²) in [4.78, 5) is 22.3. The van der Waals surface area contributed by atoms with Crippen LogP contribution in [0.4, 0.5) is 0 Å². The minimum atomic E-state index is -1.08. The van der Waals surface area contributed by atoms with E-state index in [2.05, 4.69) is 5.32 Å². The van der Waals surface area contributed by atoms with Crippen LogP contribution in [0.1, 0.15) is 26.2 Å². The first-order valence-electron chi connectivity index (χ1n) is 4.80. The molecule has 1 saturated heterocycles. The maximum absolute atomic E-state index is 11.4. The Bertz CT molecular complexity index is 250. The molecule has 0 aliphatic carbocycles. The minimum Gasteiger partial charge on any atom is -0.368 e. The van der Waals surface area contributed by atoms with Crippen LogP contribution in [0.3, 0.4) is 0 Å². The number of nitrogens with one attached hydrogen (secondary N) is 1. The van der Waals surface area contributed by atoms with Crippen LogP contribution >= 0.6 is 0 Å². The summed E-state index contributed by atoms with van der Waals surface area (Å²) in [5.41, 5.74) is 9.75. The van der Waals surface area contributed by atoms with Gasteiger partial charge in [0.15, 0.2) is 0 Å². The summed E-state index contributed by atoms with van der Waals surface area (Å²) >= 11 is 0. The Morgan fingerprint density at radius 1 is 1.71 bits per heavy atom. The number of carbonyl (C=O) groups is 2. The highest BCUT2D eigenvalue weighted by Crippen LogP contribution is 2.21. The van der Waals surface area contributed by atoms with Crippen molar-refractivity contribution in [3.8, 4) is 0 Å². The highest BCUT2D eigenvalue weighted by Gasteiger charge is 2.33. The van der Waals surface area contributed by atoms with Crippen LogP contribution in [-0.2, 0) is 9.59 Å². The second kappa shape index (κ2) is 3.96. The van der Waals surface area contributed by atoms with Crippen LogP contribution < -0.4 is 16.8 Å². The summed E-state index contributed by atoms with van der Waals surface area (Å²) in [6.07, 6.45) is 2.05. The second-order valence-electron chi connectivity index (χ2n) is 4.12. The Morgan fingerprint density at radius 3 is 2.86 bits per heavy atom. The predicted octanol–water partition coefficient (Wildman–Crippen LogP) is -0.895. The molecule has 1 aliphatic rings. The fraction of sp³-hybridized carbons (Fsp3) is 0.778. The molecule has 0 aromatic rings. The Labute approximate surface area is 83.2 Å². The molecule has 0 radical (unpaired) electrons. The molecule has 80 valence electrons. The van der Waals surface area contributed by atoms with Gasteiger partial charge in [-0.2, -0.15) is 0 Å². The standard InChI is InChI=1S/C9H17N3O2/c1-9(11,8(10)14)5-6-3-2-4-12-7(6)13/h6H,2-5,11H2,1H3,(H2,10,14)(H,12,13)/t6-,9-/m0/s1. The zero-order valence-corrected chi connectivity index (χ0v) is 8.38. The molecular formula is C9H17N3O2. The van der Waals surface area contributed by atoms with Crippen molar-refractivity contribution in [2.45, 2.75) is 31.7 Å². The highest BCUT2D eigenvalue weighted by molar-refractivity contribution is 5.86. The van der Waals surface area contributed by atoms with E-state index < -0.39 is 11.4 Å². The average Bonchev–Trinajstić information content (AvgIpc) is 2.08. The Kier molecular flexibility index (Phi) is 3.10. The summed E-state index contributed by atoms with van der Waals surface area (Å²) in [6, 6.07) is 0. The number of hydrogen-bond acceptors (Lipinski definition) is 3. The number of rotatable bonds is 3. The first-order chi connectivity index (χ1) is 6.43. The van der Waals surface area contributed by atoms with E-state index in [1.165, 1.54) is 0 Å². The third-order valence-electron chi connectivity index (χ3n) is 2.63. The molecule has 1 aliphatic heterocycles. The zero-order chi connectivity index (χ0) is 10.8. The minimum absolute atomic E-state index is 0.0193. The van der Waals surface area contributed by atoms with Gasteiger partial charge >= 0.3 is 0 Å². The summed E-state index contributed by atoms with van der Waals surface area (Å²) in [6.45, 7) is 2.28. The van der Waals surface area contributed by atoms with Crippen LogP contribution in [0.5, 0.6) is 0 Å².